The van der Waals surface area contributed by atoms with Gasteiger partial charge in [0.05, 0.1) is 18.2 Å². The van der Waals surface area contributed by atoms with Crippen molar-refractivity contribution in [2.45, 2.75) is 17.9 Å². The van der Waals surface area contributed by atoms with Gasteiger partial charge >= 0.3 is 5.97 Å². The van der Waals surface area contributed by atoms with Gasteiger partial charge in [-0.1, -0.05) is 30.3 Å². The summed E-state index contributed by atoms with van der Waals surface area (Å²) >= 11 is 1.52. The number of carbonyl (C=O) groups is 2. The molecule has 0 bridgehead atoms. The molecule has 0 unspecified atom stereocenters. The molecule has 1 N–H and O–H groups in total. The van der Waals surface area contributed by atoms with Crippen LogP contribution >= 0.6 is 11.8 Å². The van der Waals surface area contributed by atoms with Crippen LogP contribution < -0.4 is 5.32 Å². The summed E-state index contributed by atoms with van der Waals surface area (Å²) in [6.07, 6.45) is 7.19. The minimum Gasteiger partial charge on any atom is -0.452 e. The van der Waals surface area contributed by atoms with Crippen LogP contribution in [0.3, 0.4) is 0 Å². The minimum absolute atomic E-state index is 0.365. The van der Waals surface area contributed by atoms with Crippen LogP contribution in [0.4, 0.5) is 5.69 Å². The number of aryl methyl sites for hydroxylation is 1. The van der Waals surface area contributed by atoms with E-state index in [0.29, 0.717) is 18.7 Å². The smallest absolute Gasteiger partial charge is 0.331 e. The first kappa shape index (κ1) is 21.2. The summed E-state index contributed by atoms with van der Waals surface area (Å²) in [5.41, 5.74) is 2.53. The molecule has 0 saturated heterocycles. The highest BCUT2D eigenvalue weighted by Crippen LogP contribution is 2.24. The van der Waals surface area contributed by atoms with Gasteiger partial charge in [0.15, 0.2) is 6.61 Å². The Hall–Kier alpha value is -3.50. The summed E-state index contributed by atoms with van der Waals surface area (Å²) in [6, 6.07) is 17.3. The lowest BCUT2D eigenvalue weighted by atomic mass is 10.1. The molecule has 152 valence electrons. The number of nitrogens with one attached hydrogen (secondary N) is 1. The average Bonchev–Trinajstić information content (AvgIpc) is 3.13. The van der Waals surface area contributed by atoms with E-state index >= 15 is 0 Å². The van der Waals surface area contributed by atoms with Crippen LogP contribution in [0.1, 0.15) is 12.0 Å². The Balaban J connectivity index is 1.61. The van der Waals surface area contributed by atoms with E-state index in [1.54, 1.807) is 12.1 Å². The zero-order valence-corrected chi connectivity index (χ0v) is 17.3. The molecule has 0 aliphatic rings. The van der Waals surface area contributed by atoms with Gasteiger partial charge in [-0.15, -0.1) is 11.8 Å². The van der Waals surface area contributed by atoms with Crippen molar-refractivity contribution in [3.05, 3.63) is 66.4 Å². The van der Waals surface area contributed by atoms with Crippen LogP contribution in [0.15, 0.2) is 65.7 Å². The molecule has 1 heterocycles. The van der Waals surface area contributed by atoms with Crippen molar-refractivity contribution in [2.24, 2.45) is 0 Å². The monoisotopic (exact) mass is 419 g/mol. The zero-order valence-electron chi connectivity index (χ0n) is 16.5. The van der Waals surface area contributed by atoms with Crippen LogP contribution in [0, 0.1) is 11.3 Å². The van der Waals surface area contributed by atoms with Crippen LogP contribution in [-0.2, 0) is 20.9 Å². The number of amides is 1. The fourth-order valence-electron chi connectivity index (χ4n) is 3.04. The molecule has 7 heteroatoms. The molecule has 0 fully saturated rings. The SMILES string of the molecule is CSc1ccccc1NC(=O)COC(=O)/C=C/c1cn(CCC#N)c2ccccc12. The maximum Gasteiger partial charge on any atom is 0.331 e. The highest BCUT2D eigenvalue weighted by Gasteiger charge is 2.09. The summed E-state index contributed by atoms with van der Waals surface area (Å²) in [4.78, 5) is 25.1. The number of aromatic nitrogens is 1. The van der Waals surface area contributed by atoms with Crippen molar-refractivity contribution >= 4 is 46.3 Å². The Morgan fingerprint density at radius 1 is 1.20 bits per heavy atom. The standard InChI is InChI=1S/C23H21N3O3S/c1-30-21-10-5-3-8-19(21)25-22(27)16-29-23(28)12-11-17-15-26(14-6-13-24)20-9-4-2-7-18(17)20/h2-5,7-12,15H,6,14,16H2,1H3,(H,25,27)/b12-11+. The number of hydrogen-bond donors (Lipinski definition) is 1. The third kappa shape index (κ3) is 5.31. The number of fused-ring (bicyclic) bond motifs is 1. The average molecular weight is 420 g/mol. The van der Waals surface area contributed by atoms with Crippen LogP contribution in [-0.4, -0.2) is 29.3 Å². The third-order valence-corrected chi connectivity index (χ3v) is 5.21. The largest absolute Gasteiger partial charge is 0.452 e. The summed E-state index contributed by atoms with van der Waals surface area (Å²) in [6.45, 7) is 0.211. The minimum atomic E-state index is -0.600. The Labute approximate surface area is 179 Å². The Kier molecular flexibility index (Phi) is 7.30. The molecule has 1 amide bonds. The van der Waals surface area contributed by atoms with Gasteiger partial charge in [-0.2, -0.15) is 5.26 Å². The Morgan fingerprint density at radius 3 is 2.77 bits per heavy atom. The summed E-state index contributed by atoms with van der Waals surface area (Å²) in [5, 5.41) is 12.6. The summed E-state index contributed by atoms with van der Waals surface area (Å²) < 4.78 is 7.05. The van der Waals surface area contributed by atoms with E-state index in [1.807, 2.05) is 59.5 Å². The molecule has 1 aromatic heterocycles. The second kappa shape index (κ2) is 10.3. The van der Waals surface area contributed by atoms with Gasteiger partial charge in [0.25, 0.3) is 5.91 Å². The van der Waals surface area contributed by atoms with Gasteiger partial charge in [0, 0.05) is 40.2 Å². The van der Waals surface area contributed by atoms with Crippen molar-refractivity contribution in [1.82, 2.24) is 4.57 Å². The highest BCUT2D eigenvalue weighted by molar-refractivity contribution is 7.98. The van der Waals surface area contributed by atoms with E-state index in [0.717, 1.165) is 21.4 Å². The highest BCUT2D eigenvalue weighted by atomic mass is 32.2. The lowest BCUT2D eigenvalue weighted by molar-refractivity contribution is -0.142. The molecule has 0 radical (unpaired) electrons. The van der Waals surface area contributed by atoms with Crippen LogP contribution in [0.2, 0.25) is 0 Å². The van der Waals surface area contributed by atoms with Crippen molar-refractivity contribution in [3.63, 3.8) is 0 Å². The van der Waals surface area contributed by atoms with Crippen molar-refractivity contribution in [2.75, 3.05) is 18.2 Å². The van der Waals surface area contributed by atoms with E-state index in [2.05, 4.69) is 11.4 Å². The number of rotatable bonds is 8. The zero-order chi connectivity index (χ0) is 21.3. The normalized spacial score (nSPS) is 10.8. The van der Waals surface area contributed by atoms with Crippen LogP contribution in [0.5, 0.6) is 0 Å². The van der Waals surface area contributed by atoms with Gasteiger partial charge in [0.1, 0.15) is 0 Å². The number of thioether (sulfide) groups is 1. The van der Waals surface area contributed by atoms with Gasteiger partial charge in [0.2, 0.25) is 0 Å². The number of benzene rings is 2. The molecule has 3 aromatic rings. The van der Waals surface area contributed by atoms with Gasteiger partial charge in [-0.25, -0.2) is 4.79 Å². The Morgan fingerprint density at radius 2 is 1.97 bits per heavy atom. The third-order valence-electron chi connectivity index (χ3n) is 4.41. The molecule has 6 nitrogen and oxygen atoms in total. The van der Waals surface area contributed by atoms with E-state index in [4.69, 9.17) is 10.00 Å². The number of carbonyl (C=O) groups excluding carboxylic acids is 2. The van der Waals surface area contributed by atoms with E-state index in [-0.39, 0.29) is 6.61 Å². The van der Waals surface area contributed by atoms with Crippen molar-refractivity contribution < 1.29 is 14.3 Å². The second-order valence-corrected chi connectivity index (χ2v) is 7.24. The summed E-state index contributed by atoms with van der Waals surface area (Å²) in [5.74, 6) is -0.997. The fourth-order valence-corrected chi connectivity index (χ4v) is 3.59. The molecule has 0 aliphatic heterocycles. The van der Waals surface area contributed by atoms with E-state index in [9.17, 15) is 9.59 Å². The summed E-state index contributed by atoms with van der Waals surface area (Å²) in [7, 11) is 0. The molecule has 30 heavy (non-hydrogen) atoms. The number of anilines is 1. The number of para-hydroxylation sites is 2. The number of nitrogens with zero attached hydrogens (tertiary/aromatic N) is 2. The number of esters is 1. The topological polar surface area (TPSA) is 84.1 Å². The molecule has 0 saturated carbocycles. The predicted octanol–water partition coefficient (Wildman–Crippen LogP) is 4.47. The fraction of sp³-hybridized carbons (Fsp3) is 0.174. The first-order valence-corrected chi connectivity index (χ1v) is 10.6. The van der Waals surface area contributed by atoms with Gasteiger partial charge in [-0.05, 0) is 30.5 Å². The molecular weight excluding hydrogens is 398 g/mol. The predicted molar refractivity (Wildman–Crippen MR) is 119 cm³/mol. The Bertz CT molecular complexity index is 1130. The molecule has 0 spiro atoms. The molecule has 3 rings (SSSR count). The van der Waals surface area contributed by atoms with E-state index < -0.39 is 11.9 Å². The first-order chi connectivity index (χ1) is 14.6. The van der Waals surface area contributed by atoms with Crippen molar-refractivity contribution in [1.29, 1.82) is 5.26 Å². The molecule has 0 aliphatic carbocycles. The lowest BCUT2D eigenvalue weighted by Crippen LogP contribution is -2.20. The second-order valence-electron chi connectivity index (χ2n) is 6.39. The number of hydrogen-bond acceptors (Lipinski definition) is 5. The van der Waals surface area contributed by atoms with Crippen LogP contribution in [0.25, 0.3) is 17.0 Å². The maximum absolute atomic E-state index is 12.1. The quantitative estimate of drug-likeness (QED) is 0.331. The van der Waals surface area contributed by atoms with E-state index in [1.165, 1.54) is 17.8 Å². The first-order valence-electron chi connectivity index (χ1n) is 9.35. The number of nitriles is 1. The molecule has 2 aromatic carbocycles. The molecule has 0 atom stereocenters. The van der Waals surface area contributed by atoms with Crippen molar-refractivity contribution in [3.8, 4) is 6.07 Å². The maximum atomic E-state index is 12.1. The lowest BCUT2D eigenvalue weighted by Gasteiger charge is -2.08. The number of ether oxygens (including phenoxy) is 1. The molecular formula is C23H21N3O3S. The van der Waals surface area contributed by atoms with Gasteiger partial charge in [-0.3, -0.25) is 4.79 Å². The van der Waals surface area contributed by atoms with Gasteiger partial charge < -0.3 is 14.6 Å².